The van der Waals surface area contributed by atoms with Gasteiger partial charge in [0.2, 0.25) is 0 Å². The quantitative estimate of drug-likeness (QED) is 0.626. The second-order valence-electron chi connectivity index (χ2n) is 5.00. The van der Waals surface area contributed by atoms with Crippen LogP contribution in [0.2, 0.25) is 0 Å². The number of hydrogen-bond acceptors (Lipinski definition) is 4. The van der Waals surface area contributed by atoms with Gasteiger partial charge in [-0.05, 0) is 55.7 Å². The van der Waals surface area contributed by atoms with E-state index < -0.39 is 0 Å². The minimum absolute atomic E-state index is 0.572. The van der Waals surface area contributed by atoms with Crippen LogP contribution in [0.1, 0.15) is 18.4 Å². The summed E-state index contributed by atoms with van der Waals surface area (Å²) in [5, 5.41) is 6.63. The molecule has 0 atom stereocenters. The van der Waals surface area contributed by atoms with Gasteiger partial charge in [-0.3, -0.25) is 0 Å². The molecule has 0 unspecified atom stereocenters. The molecule has 0 aromatic heterocycles. The first-order valence-corrected chi connectivity index (χ1v) is 6.63. The molecule has 1 aliphatic heterocycles. The normalized spacial score (nSPS) is 17.8. The number of rotatable bonds is 5. The summed E-state index contributed by atoms with van der Waals surface area (Å²) < 4.78 is 0. The molecule has 5 heteroatoms. The van der Waals surface area contributed by atoms with Gasteiger partial charge < -0.3 is 10.1 Å². The highest BCUT2D eigenvalue weighted by molar-refractivity contribution is 6.04. The number of benzene rings is 1. The van der Waals surface area contributed by atoms with Crippen LogP contribution in [0.5, 0.6) is 0 Å². The second kappa shape index (κ2) is 6.66. The fraction of sp³-hybridized carbons (Fsp3) is 0.538. The van der Waals surface area contributed by atoms with Crippen LogP contribution in [0, 0.1) is 4.91 Å². The van der Waals surface area contributed by atoms with E-state index >= 15 is 0 Å². The number of hydrogen-bond donors (Lipinski definition) is 1. The highest BCUT2D eigenvalue weighted by atomic mass is 16.3. The maximum atomic E-state index is 10.7. The van der Waals surface area contributed by atoms with E-state index in [0.29, 0.717) is 11.7 Å². The Balaban J connectivity index is 1.76. The average Bonchev–Trinajstić information content (AvgIpc) is 2.41. The van der Waals surface area contributed by atoms with Gasteiger partial charge in [-0.25, -0.2) is 0 Å². The highest BCUT2D eigenvalue weighted by Crippen LogP contribution is 2.18. The van der Waals surface area contributed by atoms with E-state index in [9.17, 15) is 4.91 Å². The molecule has 0 aliphatic carbocycles. The zero-order valence-electron chi connectivity index (χ0n) is 10.9. The molecule has 0 amide bonds. The Morgan fingerprint density at radius 2 is 2.06 bits per heavy atom. The van der Waals surface area contributed by atoms with E-state index in [0.717, 1.165) is 18.5 Å². The lowest BCUT2D eigenvalue weighted by Gasteiger charge is -2.30. The molecule has 1 aromatic rings. The summed E-state index contributed by atoms with van der Waals surface area (Å²) in [6.45, 7) is 3.26. The van der Waals surface area contributed by atoms with Gasteiger partial charge >= 0.3 is 0 Å². The van der Waals surface area contributed by atoms with Crippen LogP contribution in [0.3, 0.4) is 0 Å². The lowest BCUT2D eigenvalue weighted by Crippen LogP contribution is -2.42. The number of nitrogens with zero attached hydrogens (tertiary/aromatic N) is 2. The summed E-state index contributed by atoms with van der Waals surface area (Å²) in [5.74, 6) is 0. The third-order valence-electron chi connectivity index (χ3n) is 3.64. The van der Waals surface area contributed by atoms with E-state index in [1.807, 2.05) is 18.2 Å². The van der Waals surface area contributed by atoms with Crippen molar-refractivity contribution in [1.82, 2.24) is 10.1 Å². The largest absolute Gasteiger partial charge is 0.349 e. The van der Waals surface area contributed by atoms with Crippen molar-refractivity contribution >= 4 is 13.7 Å². The van der Waals surface area contributed by atoms with E-state index in [2.05, 4.69) is 23.3 Å². The molecular weight excluding hydrogens is 225 g/mol. The van der Waals surface area contributed by atoms with Crippen LogP contribution < -0.4 is 5.32 Å². The first-order valence-electron chi connectivity index (χ1n) is 6.63. The molecule has 0 saturated carbocycles. The van der Waals surface area contributed by atoms with Crippen molar-refractivity contribution in [2.45, 2.75) is 25.3 Å². The fourth-order valence-corrected chi connectivity index (χ4v) is 2.43. The Bertz CT molecular complexity index is 392. The van der Waals surface area contributed by atoms with E-state index in [1.54, 1.807) is 6.07 Å². The van der Waals surface area contributed by atoms with Crippen molar-refractivity contribution in [2.24, 2.45) is 5.18 Å². The molecule has 1 fully saturated rings. The van der Waals surface area contributed by atoms with E-state index in [4.69, 9.17) is 0 Å². The maximum Gasteiger partial charge on any atom is 0.185 e. The van der Waals surface area contributed by atoms with Crippen molar-refractivity contribution in [3.63, 3.8) is 0 Å². The van der Waals surface area contributed by atoms with Gasteiger partial charge in [0.1, 0.15) is 5.69 Å². The summed E-state index contributed by atoms with van der Waals surface area (Å²) in [4.78, 5) is 13.0. The first kappa shape index (κ1) is 13.2. The molecule has 1 N–H and O–H groups in total. The molecule has 18 heavy (non-hydrogen) atoms. The van der Waals surface area contributed by atoms with Gasteiger partial charge in [0.15, 0.2) is 7.98 Å². The molecule has 0 spiro atoms. The van der Waals surface area contributed by atoms with Crippen molar-refractivity contribution in [3.8, 4) is 0 Å². The highest BCUT2D eigenvalue weighted by Gasteiger charge is 2.15. The van der Waals surface area contributed by atoms with Gasteiger partial charge in [0.05, 0.1) is 0 Å². The van der Waals surface area contributed by atoms with Gasteiger partial charge in [0, 0.05) is 6.04 Å². The lowest BCUT2D eigenvalue weighted by atomic mass is 10.0. The molecular formula is C13H20BN3O. The minimum Gasteiger partial charge on any atom is -0.349 e. The minimum atomic E-state index is 0.572. The smallest absolute Gasteiger partial charge is 0.185 e. The predicted octanol–water partition coefficient (Wildman–Crippen LogP) is 1.23. The molecule has 1 heterocycles. The molecule has 0 bridgehead atoms. The molecule has 2 rings (SSSR count). The lowest BCUT2D eigenvalue weighted by molar-refractivity contribution is 0.300. The number of nitroso groups, excluding NO2 is 1. The Labute approximate surface area is 109 Å². The number of piperidine rings is 1. The predicted molar refractivity (Wildman–Crippen MR) is 76.7 cm³/mol. The monoisotopic (exact) mass is 245 g/mol. The van der Waals surface area contributed by atoms with E-state index in [1.165, 1.54) is 25.9 Å². The van der Waals surface area contributed by atoms with Crippen LogP contribution in [-0.2, 0) is 6.42 Å². The van der Waals surface area contributed by atoms with Crippen molar-refractivity contribution < 1.29 is 0 Å². The van der Waals surface area contributed by atoms with Crippen LogP contribution in [0.25, 0.3) is 0 Å². The van der Waals surface area contributed by atoms with Crippen LogP contribution in [0.4, 0.5) is 5.69 Å². The molecule has 4 nitrogen and oxygen atoms in total. The van der Waals surface area contributed by atoms with Crippen molar-refractivity contribution in [2.75, 3.05) is 19.6 Å². The van der Waals surface area contributed by atoms with E-state index in [-0.39, 0.29) is 0 Å². The number of nitrogens with one attached hydrogen (secondary N) is 1. The van der Waals surface area contributed by atoms with Crippen LogP contribution >= 0.6 is 0 Å². The zero-order valence-corrected chi connectivity index (χ0v) is 10.9. The van der Waals surface area contributed by atoms with Crippen LogP contribution in [0.15, 0.2) is 29.4 Å². The Hall–Kier alpha value is -1.20. The third kappa shape index (κ3) is 3.65. The Morgan fingerprint density at radius 3 is 2.78 bits per heavy atom. The van der Waals surface area contributed by atoms with Gasteiger partial charge in [-0.2, -0.15) is 0 Å². The first-order chi connectivity index (χ1) is 8.79. The van der Waals surface area contributed by atoms with Crippen molar-refractivity contribution in [1.29, 1.82) is 0 Å². The maximum absolute atomic E-state index is 10.7. The van der Waals surface area contributed by atoms with Gasteiger partial charge in [-0.1, -0.05) is 18.2 Å². The molecule has 1 aromatic carbocycles. The standard InChI is InChI=1S/C13H20BN3O/c14-17-9-6-12(7-10-17)15-8-5-11-3-1-2-4-13(11)16-18/h1-4,12,15H,5-10,14H2. The van der Waals surface area contributed by atoms with Gasteiger partial charge in [-0.15, -0.1) is 4.91 Å². The van der Waals surface area contributed by atoms with Gasteiger partial charge in [0.25, 0.3) is 0 Å². The summed E-state index contributed by atoms with van der Waals surface area (Å²) in [7, 11) is 2.17. The summed E-state index contributed by atoms with van der Waals surface area (Å²) in [6, 6.07) is 8.19. The molecule has 0 radical (unpaired) electrons. The topological polar surface area (TPSA) is 44.7 Å². The summed E-state index contributed by atoms with van der Waals surface area (Å²) >= 11 is 0. The zero-order chi connectivity index (χ0) is 12.8. The average molecular weight is 245 g/mol. The van der Waals surface area contributed by atoms with Crippen LogP contribution in [-0.4, -0.2) is 38.5 Å². The summed E-state index contributed by atoms with van der Waals surface area (Å²) in [5.41, 5.74) is 1.61. The Kier molecular flexibility index (Phi) is 4.90. The molecule has 1 saturated heterocycles. The Morgan fingerprint density at radius 1 is 1.33 bits per heavy atom. The SMILES string of the molecule is BN1CCC(NCCc2ccccc2N=O)CC1. The fourth-order valence-electron chi connectivity index (χ4n) is 2.43. The summed E-state index contributed by atoms with van der Waals surface area (Å²) in [6.07, 6.45) is 3.29. The third-order valence-corrected chi connectivity index (χ3v) is 3.64. The van der Waals surface area contributed by atoms with Crippen molar-refractivity contribution in [3.05, 3.63) is 34.7 Å². The molecule has 1 aliphatic rings. The molecule has 96 valence electrons. The second-order valence-corrected chi connectivity index (χ2v) is 5.00.